The van der Waals surface area contributed by atoms with Crippen LogP contribution >= 0.6 is 11.6 Å². The van der Waals surface area contributed by atoms with Crippen molar-refractivity contribution >= 4 is 11.6 Å². The molecule has 0 amide bonds. The fourth-order valence-electron chi connectivity index (χ4n) is 0.332. The molecule has 0 aromatic heterocycles. The van der Waals surface area contributed by atoms with E-state index < -0.39 is 0 Å². The highest BCUT2D eigenvalue weighted by atomic mass is 35.5. The minimum absolute atomic E-state index is 0.0466. The van der Waals surface area contributed by atoms with E-state index in [0.29, 0.717) is 12.3 Å². The summed E-state index contributed by atoms with van der Waals surface area (Å²) in [6.45, 7) is 0.0466. The Morgan fingerprint density at radius 3 is 2.50 bits per heavy atom. The van der Waals surface area contributed by atoms with E-state index in [9.17, 15) is 0 Å². The summed E-state index contributed by atoms with van der Waals surface area (Å²) in [7, 11) is 0. The van der Waals surface area contributed by atoms with E-state index in [1.165, 1.54) is 0 Å². The third kappa shape index (κ3) is 2.84. The summed E-state index contributed by atoms with van der Waals surface area (Å²) in [6.07, 6.45) is 0.486. The van der Waals surface area contributed by atoms with Crippen molar-refractivity contribution in [1.82, 2.24) is 0 Å². The van der Waals surface area contributed by atoms with Crippen LogP contribution in [-0.4, -0.2) is 17.6 Å². The Bertz CT molecular complexity index is 88.9. The van der Waals surface area contributed by atoms with Crippen molar-refractivity contribution in [3.8, 4) is 6.07 Å². The van der Waals surface area contributed by atoms with Gasteiger partial charge >= 0.3 is 0 Å². The molecular weight excluding hydrogens is 126 g/mol. The van der Waals surface area contributed by atoms with Crippen LogP contribution in [-0.2, 0) is 0 Å². The Morgan fingerprint density at radius 2 is 2.38 bits per heavy atom. The highest BCUT2D eigenvalue weighted by Crippen LogP contribution is 2.01. The smallest absolute Gasteiger partial charge is 0.0669 e. The van der Waals surface area contributed by atoms with Crippen LogP contribution in [0.4, 0.5) is 0 Å². The summed E-state index contributed by atoms with van der Waals surface area (Å²) in [6, 6.07) is 1.96. The van der Waals surface area contributed by atoms with Gasteiger partial charge in [-0.05, 0) is 6.42 Å². The summed E-state index contributed by atoms with van der Waals surface area (Å²) in [4.78, 5) is 0. The molecule has 8 heavy (non-hydrogen) atoms. The van der Waals surface area contributed by atoms with Crippen LogP contribution in [0, 0.1) is 17.2 Å². The molecule has 0 aliphatic heterocycles. The minimum atomic E-state index is -0.179. The summed E-state index contributed by atoms with van der Waals surface area (Å²) < 4.78 is 0. The zero-order chi connectivity index (χ0) is 6.41. The van der Waals surface area contributed by atoms with E-state index in [1.807, 2.05) is 6.07 Å². The average Bonchev–Trinajstić information content (AvgIpc) is 1.83. The van der Waals surface area contributed by atoms with Crippen LogP contribution in [0.15, 0.2) is 0 Å². The van der Waals surface area contributed by atoms with Crippen LogP contribution in [0.2, 0.25) is 0 Å². The quantitative estimate of drug-likeness (QED) is 0.578. The number of hydrogen-bond donors (Lipinski definition) is 1. The summed E-state index contributed by atoms with van der Waals surface area (Å²) in [5, 5.41) is 16.5. The average molecular weight is 134 g/mol. The number of alkyl halides is 1. The second kappa shape index (κ2) is 4.89. The predicted molar refractivity (Wildman–Crippen MR) is 31.5 cm³/mol. The van der Waals surface area contributed by atoms with Crippen molar-refractivity contribution in [3.63, 3.8) is 0 Å². The largest absolute Gasteiger partial charge is 0.396 e. The monoisotopic (exact) mass is 133 g/mol. The molecule has 1 unspecified atom stereocenters. The van der Waals surface area contributed by atoms with Crippen molar-refractivity contribution in [2.24, 2.45) is 5.92 Å². The van der Waals surface area contributed by atoms with Crippen LogP contribution in [0.25, 0.3) is 0 Å². The molecule has 0 aromatic carbocycles. The summed E-state index contributed by atoms with van der Waals surface area (Å²) in [5.41, 5.74) is 0. The molecule has 46 valence electrons. The third-order valence-electron chi connectivity index (χ3n) is 0.846. The first-order valence-corrected chi connectivity index (χ1v) is 2.95. The molecule has 0 radical (unpaired) electrons. The molecule has 0 bridgehead atoms. The second-order valence-electron chi connectivity index (χ2n) is 1.49. The molecule has 1 N–H and O–H groups in total. The van der Waals surface area contributed by atoms with Gasteiger partial charge in [-0.3, -0.25) is 0 Å². The number of nitriles is 1. The number of rotatable bonds is 3. The van der Waals surface area contributed by atoms with Crippen molar-refractivity contribution in [2.75, 3.05) is 12.5 Å². The normalized spacial score (nSPS) is 12.6. The van der Waals surface area contributed by atoms with Crippen molar-refractivity contribution < 1.29 is 5.11 Å². The van der Waals surface area contributed by atoms with E-state index >= 15 is 0 Å². The number of hydrogen-bond acceptors (Lipinski definition) is 2. The first-order chi connectivity index (χ1) is 3.85. The van der Waals surface area contributed by atoms with Gasteiger partial charge in [0.25, 0.3) is 0 Å². The van der Waals surface area contributed by atoms with Crippen LogP contribution in [0.1, 0.15) is 6.42 Å². The van der Waals surface area contributed by atoms with Crippen LogP contribution in [0.3, 0.4) is 0 Å². The molecular formula is C5H8ClNO. The van der Waals surface area contributed by atoms with E-state index in [2.05, 4.69) is 0 Å². The van der Waals surface area contributed by atoms with Gasteiger partial charge in [0, 0.05) is 12.5 Å². The zero-order valence-corrected chi connectivity index (χ0v) is 5.23. The maximum Gasteiger partial charge on any atom is 0.0669 e. The first kappa shape index (κ1) is 7.74. The maximum atomic E-state index is 8.29. The highest BCUT2D eigenvalue weighted by molar-refractivity contribution is 6.18. The Labute approximate surface area is 53.7 Å². The van der Waals surface area contributed by atoms with Gasteiger partial charge in [0.05, 0.1) is 12.0 Å². The van der Waals surface area contributed by atoms with Crippen molar-refractivity contribution in [2.45, 2.75) is 6.42 Å². The standard InChI is InChI=1S/C5H8ClNO/c6-3-5(4-7)1-2-8/h5,8H,1-3H2. The Balaban J connectivity index is 3.26. The van der Waals surface area contributed by atoms with Gasteiger partial charge in [0.2, 0.25) is 0 Å². The maximum absolute atomic E-state index is 8.29. The molecule has 0 aliphatic rings. The molecule has 0 heterocycles. The van der Waals surface area contributed by atoms with Gasteiger partial charge in [0.15, 0.2) is 0 Å². The lowest BCUT2D eigenvalue weighted by Gasteiger charge is -1.97. The predicted octanol–water partition coefficient (Wildman–Crippen LogP) is 0.747. The topological polar surface area (TPSA) is 44.0 Å². The van der Waals surface area contributed by atoms with Gasteiger partial charge < -0.3 is 5.11 Å². The first-order valence-electron chi connectivity index (χ1n) is 2.41. The fraction of sp³-hybridized carbons (Fsp3) is 0.800. The van der Waals surface area contributed by atoms with Gasteiger partial charge in [0.1, 0.15) is 0 Å². The van der Waals surface area contributed by atoms with Gasteiger partial charge in [-0.15, -0.1) is 11.6 Å². The molecule has 0 saturated heterocycles. The van der Waals surface area contributed by atoms with Crippen LogP contribution in [0.5, 0.6) is 0 Å². The van der Waals surface area contributed by atoms with E-state index in [1.54, 1.807) is 0 Å². The molecule has 0 rings (SSSR count). The number of nitrogens with zero attached hydrogens (tertiary/aromatic N) is 1. The Hall–Kier alpha value is -0.260. The van der Waals surface area contributed by atoms with E-state index in [4.69, 9.17) is 22.0 Å². The SMILES string of the molecule is N#CC(CCl)CCO. The molecule has 0 saturated carbocycles. The van der Waals surface area contributed by atoms with Gasteiger partial charge in [-0.1, -0.05) is 0 Å². The lowest BCUT2D eigenvalue weighted by atomic mass is 10.1. The van der Waals surface area contributed by atoms with Crippen molar-refractivity contribution in [3.05, 3.63) is 0 Å². The molecule has 3 heteroatoms. The number of aliphatic hydroxyl groups excluding tert-OH is 1. The molecule has 0 fully saturated rings. The van der Waals surface area contributed by atoms with Crippen molar-refractivity contribution in [1.29, 1.82) is 5.26 Å². The molecule has 0 aromatic rings. The molecule has 0 spiro atoms. The van der Waals surface area contributed by atoms with E-state index in [-0.39, 0.29) is 12.5 Å². The molecule has 1 atom stereocenters. The lowest BCUT2D eigenvalue weighted by molar-refractivity contribution is 0.276. The van der Waals surface area contributed by atoms with Gasteiger partial charge in [-0.25, -0.2) is 0 Å². The lowest BCUT2D eigenvalue weighted by Crippen LogP contribution is -2.00. The minimum Gasteiger partial charge on any atom is -0.396 e. The van der Waals surface area contributed by atoms with E-state index in [0.717, 1.165) is 0 Å². The zero-order valence-electron chi connectivity index (χ0n) is 4.47. The van der Waals surface area contributed by atoms with Gasteiger partial charge in [-0.2, -0.15) is 5.26 Å². The molecule has 0 aliphatic carbocycles. The number of aliphatic hydroxyl groups is 1. The highest BCUT2D eigenvalue weighted by Gasteiger charge is 2.01. The third-order valence-corrected chi connectivity index (χ3v) is 1.22. The summed E-state index contributed by atoms with van der Waals surface area (Å²) >= 11 is 5.31. The molecule has 2 nitrogen and oxygen atoms in total. The Kier molecular flexibility index (Phi) is 4.73. The fourth-order valence-corrected chi connectivity index (χ4v) is 0.555. The summed E-state index contributed by atoms with van der Waals surface area (Å²) in [5.74, 6) is 0.138. The Morgan fingerprint density at radius 1 is 1.75 bits per heavy atom. The van der Waals surface area contributed by atoms with Crippen LogP contribution < -0.4 is 0 Å². The number of halogens is 1. The second-order valence-corrected chi connectivity index (χ2v) is 1.80.